The van der Waals surface area contributed by atoms with E-state index < -0.39 is 5.97 Å². The Morgan fingerprint density at radius 1 is 0.966 bits per heavy atom. The lowest BCUT2D eigenvalue weighted by Crippen LogP contribution is -2.07. The van der Waals surface area contributed by atoms with E-state index >= 15 is 0 Å². The molecule has 0 unspecified atom stereocenters. The molecular weight excluding hydrogens is 358 g/mol. The Labute approximate surface area is 169 Å². The van der Waals surface area contributed by atoms with E-state index in [0.717, 1.165) is 29.4 Å². The van der Waals surface area contributed by atoms with Crippen LogP contribution in [0.5, 0.6) is 0 Å². The van der Waals surface area contributed by atoms with E-state index in [1.165, 1.54) is 16.5 Å². The zero-order valence-corrected chi connectivity index (χ0v) is 16.0. The maximum absolute atomic E-state index is 11.8. The summed E-state index contributed by atoms with van der Waals surface area (Å²) in [6.07, 6.45) is 4.63. The van der Waals surface area contributed by atoms with Crippen LogP contribution < -0.4 is 0 Å². The number of pyridine rings is 1. The Kier molecular flexibility index (Phi) is 4.36. The Bertz CT molecular complexity index is 1210. The van der Waals surface area contributed by atoms with Gasteiger partial charge in [0.2, 0.25) is 0 Å². The molecule has 0 spiro atoms. The first-order valence-electron chi connectivity index (χ1n) is 9.98. The molecule has 0 bridgehead atoms. The van der Waals surface area contributed by atoms with Crippen LogP contribution in [0.4, 0.5) is 0 Å². The Morgan fingerprint density at radius 2 is 1.79 bits per heavy atom. The number of carbonyl (C=O) groups is 1. The SMILES string of the molecule is O=C(O)c1cc(C2CC2)cnc1Cc1ccc2c(-c3ccccc3)cccc2c1. The summed E-state index contributed by atoms with van der Waals surface area (Å²) in [6.45, 7) is 0. The zero-order chi connectivity index (χ0) is 19.8. The first-order valence-corrected chi connectivity index (χ1v) is 9.98. The van der Waals surface area contributed by atoms with Gasteiger partial charge in [-0.1, -0.05) is 66.7 Å². The van der Waals surface area contributed by atoms with Crippen LogP contribution in [0, 0.1) is 0 Å². The molecule has 0 aliphatic heterocycles. The number of fused-ring (bicyclic) bond motifs is 1. The van der Waals surface area contributed by atoms with Crippen molar-refractivity contribution >= 4 is 16.7 Å². The minimum atomic E-state index is -0.901. The molecule has 3 nitrogen and oxygen atoms in total. The van der Waals surface area contributed by atoms with Crippen molar-refractivity contribution in [3.05, 3.63) is 101 Å². The fraction of sp³-hybridized carbons (Fsp3) is 0.154. The monoisotopic (exact) mass is 379 g/mol. The van der Waals surface area contributed by atoms with Crippen LogP contribution in [-0.4, -0.2) is 16.1 Å². The molecule has 1 saturated carbocycles. The standard InChI is InChI=1S/C26H21NO2/c28-26(29)24-15-21(18-10-11-18)16-27-25(24)14-17-9-12-23-20(13-17)7-4-8-22(23)19-5-2-1-3-6-19/h1-9,12-13,15-16,18H,10-11,14H2,(H,28,29). The molecule has 1 aliphatic rings. The second kappa shape index (κ2) is 7.17. The molecule has 142 valence electrons. The largest absolute Gasteiger partial charge is 0.478 e. The molecule has 5 rings (SSSR count). The molecule has 0 amide bonds. The number of nitrogens with zero attached hydrogens (tertiary/aromatic N) is 1. The summed E-state index contributed by atoms with van der Waals surface area (Å²) >= 11 is 0. The van der Waals surface area contributed by atoms with Gasteiger partial charge in [0.1, 0.15) is 0 Å². The van der Waals surface area contributed by atoms with E-state index in [9.17, 15) is 9.90 Å². The predicted molar refractivity (Wildman–Crippen MR) is 115 cm³/mol. The van der Waals surface area contributed by atoms with Crippen molar-refractivity contribution in [1.82, 2.24) is 4.98 Å². The van der Waals surface area contributed by atoms with Crippen molar-refractivity contribution in [1.29, 1.82) is 0 Å². The van der Waals surface area contributed by atoms with Crippen molar-refractivity contribution in [3.63, 3.8) is 0 Å². The van der Waals surface area contributed by atoms with Gasteiger partial charge in [0.15, 0.2) is 0 Å². The second-order valence-corrected chi connectivity index (χ2v) is 7.75. The highest BCUT2D eigenvalue weighted by Crippen LogP contribution is 2.40. The molecular formula is C26H21NO2. The number of benzene rings is 3. The van der Waals surface area contributed by atoms with E-state index in [-0.39, 0.29) is 0 Å². The molecule has 0 radical (unpaired) electrons. The predicted octanol–water partition coefficient (Wildman–Crippen LogP) is 6.07. The number of carboxylic acids is 1. The van der Waals surface area contributed by atoms with Crippen molar-refractivity contribution in [2.45, 2.75) is 25.2 Å². The van der Waals surface area contributed by atoms with Gasteiger partial charge in [-0.3, -0.25) is 4.98 Å². The molecule has 1 heterocycles. The highest BCUT2D eigenvalue weighted by Gasteiger charge is 2.25. The summed E-state index contributed by atoms with van der Waals surface area (Å²) in [5, 5.41) is 12.0. The highest BCUT2D eigenvalue weighted by molar-refractivity contribution is 5.97. The zero-order valence-electron chi connectivity index (χ0n) is 16.0. The van der Waals surface area contributed by atoms with Gasteiger partial charge in [0.05, 0.1) is 11.3 Å². The number of hydrogen-bond donors (Lipinski definition) is 1. The van der Waals surface area contributed by atoms with Gasteiger partial charge in [0.25, 0.3) is 0 Å². The minimum absolute atomic E-state index is 0.326. The number of rotatable bonds is 5. The summed E-state index contributed by atoms with van der Waals surface area (Å²) in [4.78, 5) is 16.3. The van der Waals surface area contributed by atoms with E-state index in [1.54, 1.807) is 0 Å². The van der Waals surface area contributed by atoms with Crippen molar-refractivity contribution in [3.8, 4) is 11.1 Å². The molecule has 1 aliphatic carbocycles. The van der Waals surface area contributed by atoms with Gasteiger partial charge in [-0.25, -0.2) is 4.79 Å². The topological polar surface area (TPSA) is 50.2 Å². The summed E-state index contributed by atoms with van der Waals surface area (Å²) in [5.74, 6) is -0.408. The lowest BCUT2D eigenvalue weighted by Gasteiger charge is -2.11. The number of carboxylic acid groups (broad SMARTS) is 1. The van der Waals surface area contributed by atoms with Crippen LogP contribution in [0.1, 0.15) is 45.9 Å². The fourth-order valence-electron chi connectivity index (χ4n) is 3.98. The van der Waals surface area contributed by atoms with Crippen LogP contribution in [0.25, 0.3) is 21.9 Å². The molecule has 3 aromatic carbocycles. The Morgan fingerprint density at radius 3 is 2.55 bits per heavy atom. The Hall–Kier alpha value is -3.46. The smallest absolute Gasteiger partial charge is 0.337 e. The normalized spacial score (nSPS) is 13.5. The third-order valence-corrected chi connectivity index (χ3v) is 5.67. The first kappa shape index (κ1) is 17.6. The first-order chi connectivity index (χ1) is 14.2. The summed E-state index contributed by atoms with van der Waals surface area (Å²) in [7, 11) is 0. The van der Waals surface area contributed by atoms with Crippen LogP contribution in [0.2, 0.25) is 0 Å². The number of aromatic carboxylic acids is 1. The average Bonchev–Trinajstić information content (AvgIpc) is 3.59. The molecule has 1 N–H and O–H groups in total. The van der Waals surface area contributed by atoms with Crippen LogP contribution >= 0.6 is 0 Å². The van der Waals surface area contributed by atoms with Crippen molar-refractivity contribution < 1.29 is 9.90 Å². The molecule has 0 atom stereocenters. The number of aromatic nitrogens is 1. The Balaban J connectivity index is 1.51. The third-order valence-electron chi connectivity index (χ3n) is 5.67. The van der Waals surface area contributed by atoms with Gasteiger partial charge in [-0.2, -0.15) is 0 Å². The van der Waals surface area contributed by atoms with E-state index in [2.05, 4.69) is 53.5 Å². The molecule has 3 heteroatoms. The minimum Gasteiger partial charge on any atom is -0.478 e. The number of hydrogen-bond acceptors (Lipinski definition) is 2. The molecule has 4 aromatic rings. The lowest BCUT2D eigenvalue weighted by atomic mass is 9.95. The van der Waals surface area contributed by atoms with Gasteiger partial charge in [0, 0.05) is 12.6 Å². The summed E-state index contributed by atoms with van der Waals surface area (Å²) < 4.78 is 0. The molecule has 0 saturated heterocycles. The maximum Gasteiger partial charge on any atom is 0.337 e. The van der Waals surface area contributed by atoms with E-state index in [4.69, 9.17) is 0 Å². The van der Waals surface area contributed by atoms with Crippen LogP contribution in [0.15, 0.2) is 79.0 Å². The van der Waals surface area contributed by atoms with E-state index in [1.807, 2.05) is 30.5 Å². The lowest BCUT2D eigenvalue weighted by molar-refractivity contribution is 0.0695. The van der Waals surface area contributed by atoms with Crippen LogP contribution in [-0.2, 0) is 6.42 Å². The van der Waals surface area contributed by atoms with E-state index in [0.29, 0.717) is 23.6 Å². The highest BCUT2D eigenvalue weighted by atomic mass is 16.4. The molecule has 1 fully saturated rings. The molecule has 29 heavy (non-hydrogen) atoms. The van der Waals surface area contributed by atoms with Crippen molar-refractivity contribution in [2.75, 3.05) is 0 Å². The summed E-state index contributed by atoms with van der Waals surface area (Å²) in [5.41, 5.74) is 5.46. The van der Waals surface area contributed by atoms with Crippen LogP contribution in [0.3, 0.4) is 0 Å². The maximum atomic E-state index is 11.8. The van der Waals surface area contributed by atoms with Gasteiger partial charge in [-0.05, 0) is 57.9 Å². The quantitative estimate of drug-likeness (QED) is 0.458. The summed E-state index contributed by atoms with van der Waals surface area (Å²) in [6, 6.07) is 24.8. The van der Waals surface area contributed by atoms with Gasteiger partial charge >= 0.3 is 5.97 Å². The molecule has 1 aromatic heterocycles. The third kappa shape index (κ3) is 3.52. The second-order valence-electron chi connectivity index (χ2n) is 7.75. The van der Waals surface area contributed by atoms with Crippen molar-refractivity contribution in [2.24, 2.45) is 0 Å². The van der Waals surface area contributed by atoms with Gasteiger partial charge < -0.3 is 5.11 Å². The average molecular weight is 379 g/mol. The fourth-order valence-corrected chi connectivity index (χ4v) is 3.98. The van der Waals surface area contributed by atoms with Gasteiger partial charge in [-0.15, -0.1) is 0 Å².